The summed E-state index contributed by atoms with van der Waals surface area (Å²) >= 11 is 0. The summed E-state index contributed by atoms with van der Waals surface area (Å²) in [6.45, 7) is 8.71. The van der Waals surface area contributed by atoms with E-state index in [1.165, 1.54) is 7.11 Å². The summed E-state index contributed by atoms with van der Waals surface area (Å²) in [4.78, 5) is 25.6. The summed E-state index contributed by atoms with van der Waals surface area (Å²) in [5.41, 5.74) is 2.33. The van der Waals surface area contributed by atoms with Crippen LogP contribution in [0, 0.1) is 0 Å². The maximum atomic E-state index is 12.3. The van der Waals surface area contributed by atoms with Crippen LogP contribution in [-0.4, -0.2) is 37.4 Å². The highest BCUT2D eigenvalue weighted by atomic mass is 16.7. The molecule has 0 atom stereocenters. The number of ether oxygens (including phenoxy) is 3. The lowest BCUT2D eigenvalue weighted by atomic mass is 9.94. The molecule has 0 fully saturated rings. The molecular formula is C21H27NO5. The van der Waals surface area contributed by atoms with Crippen LogP contribution in [0.25, 0.3) is 0 Å². The van der Waals surface area contributed by atoms with Crippen molar-refractivity contribution in [3.05, 3.63) is 53.3 Å². The Hall–Kier alpha value is -2.76. The van der Waals surface area contributed by atoms with Gasteiger partial charge in [-0.3, -0.25) is 0 Å². The minimum Gasteiger partial charge on any atom is -0.465 e. The molecule has 0 aromatic heterocycles. The molecule has 0 aliphatic carbocycles. The monoisotopic (exact) mass is 373 g/mol. The predicted octanol–water partition coefficient (Wildman–Crippen LogP) is 4.34. The highest BCUT2D eigenvalue weighted by Gasteiger charge is 2.20. The van der Waals surface area contributed by atoms with E-state index >= 15 is 0 Å². The van der Waals surface area contributed by atoms with E-state index in [1.54, 1.807) is 23.3 Å². The Morgan fingerprint density at radius 3 is 2.30 bits per heavy atom. The zero-order valence-electron chi connectivity index (χ0n) is 16.5. The Morgan fingerprint density at radius 2 is 1.74 bits per heavy atom. The first kappa shape index (κ1) is 20.6. The largest absolute Gasteiger partial charge is 0.515 e. The second kappa shape index (κ2) is 9.26. The third-order valence-corrected chi connectivity index (χ3v) is 4.23. The highest BCUT2D eigenvalue weighted by Crippen LogP contribution is 2.34. The molecule has 6 nitrogen and oxygen atoms in total. The van der Waals surface area contributed by atoms with Crippen molar-refractivity contribution in [2.75, 3.05) is 20.4 Å². The minimum absolute atomic E-state index is 0.0233. The van der Waals surface area contributed by atoms with Gasteiger partial charge in [0.1, 0.15) is 5.75 Å². The number of methoxy groups -OCH3 is 1. The van der Waals surface area contributed by atoms with E-state index in [0.29, 0.717) is 17.9 Å². The maximum absolute atomic E-state index is 12.3. The molecule has 0 radical (unpaired) electrons. The van der Waals surface area contributed by atoms with Gasteiger partial charge in [0, 0.05) is 12.7 Å². The average molecular weight is 373 g/mol. The summed E-state index contributed by atoms with van der Waals surface area (Å²) in [6, 6.07) is 5.89. The number of para-hydroxylation sites is 1. The van der Waals surface area contributed by atoms with Crippen molar-refractivity contribution >= 4 is 12.1 Å². The smallest absolute Gasteiger partial charge is 0.465 e. The molecule has 1 heterocycles. The molecule has 0 bridgehead atoms. The van der Waals surface area contributed by atoms with E-state index in [4.69, 9.17) is 14.2 Å². The number of esters is 1. The van der Waals surface area contributed by atoms with Gasteiger partial charge in [0.2, 0.25) is 0 Å². The van der Waals surface area contributed by atoms with Gasteiger partial charge in [0.25, 0.3) is 0 Å². The van der Waals surface area contributed by atoms with Gasteiger partial charge in [-0.25, -0.2) is 9.59 Å². The van der Waals surface area contributed by atoms with Gasteiger partial charge in [-0.15, -0.1) is 0 Å². The second-order valence-corrected chi connectivity index (χ2v) is 6.95. The van der Waals surface area contributed by atoms with Crippen LogP contribution in [0.5, 0.6) is 5.75 Å². The second-order valence-electron chi connectivity index (χ2n) is 6.95. The molecule has 1 aromatic rings. The number of nitrogens with zero attached hydrogens (tertiary/aromatic N) is 1. The topological polar surface area (TPSA) is 65.1 Å². The van der Waals surface area contributed by atoms with Gasteiger partial charge in [-0.2, -0.15) is 0 Å². The molecule has 27 heavy (non-hydrogen) atoms. The van der Waals surface area contributed by atoms with Gasteiger partial charge in [0.05, 0.1) is 12.7 Å². The first-order chi connectivity index (χ1) is 12.8. The highest BCUT2D eigenvalue weighted by molar-refractivity contribution is 5.91. The van der Waals surface area contributed by atoms with E-state index in [1.807, 2.05) is 18.2 Å². The molecule has 1 aliphatic heterocycles. The normalized spacial score (nSPS) is 13.6. The van der Waals surface area contributed by atoms with Crippen LogP contribution in [0.15, 0.2) is 42.1 Å². The fourth-order valence-corrected chi connectivity index (χ4v) is 2.79. The van der Waals surface area contributed by atoms with Gasteiger partial charge in [0.15, 0.2) is 6.73 Å². The summed E-state index contributed by atoms with van der Waals surface area (Å²) < 4.78 is 15.5. The standard InChI is InChI=1S/C21H27NO5/c1-14(2)17-9-6-10-18(15(3)4)19(17)27-21(24)26-13-22-11-7-8-16(12-22)20(23)25-5/h6-10,12,14-15H,11,13H2,1-5H3. The molecule has 146 valence electrons. The Kier molecular flexibility index (Phi) is 7.05. The average Bonchev–Trinajstić information content (AvgIpc) is 2.65. The summed E-state index contributed by atoms with van der Waals surface area (Å²) in [6.07, 6.45) is 4.30. The van der Waals surface area contributed by atoms with Crippen molar-refractivity contribution in [3.8, 4) is 5.75 Å². The molecule has 0 amide bonds. The molecule has 0 saturated carbocycles. The first-order valence-corrected chi connectivity index (χ1v) is 9.01. The molecule has 1 aliphatic rings. The van der Waals surface area contributed by atoms with Gasteiger partial charge < -0.3 is 19.1 Å². The summed E-state index contributed by atoms with van der Waals surface area (Å²) in [7, 11) is 1.32. The van der Waals surface area contributed by atoms with Crippen LogP contribution in [-0.2, 0) is 14.3 Å². The Morgan fingerprint density at radius 1 is 1.11 bits per heavy atom. The number of rotatable bonds is 6. The van der Waals surface area contributed by atoms with Crippen LogP contribution in [0.1, 0.15) is 50.7 Å². The van der Waals surface area contributed by atoms with Gasteiger partial charge in [-0.05, 0) is 29.0 Å². The van der Waals surface area contributed by atoms with Crippen molar-refractivity contribution < 1.29 is 23.8 Å². The third kappa shape index (κ3) is 5.36. The molecule has 6 heteroatoms. The van der Waals surface area contributed by atoms with Gasteiger partial charge in [-0.1, -0.05) is 52.0 Å². The predicted molar refractivity (Wildman–Crippen MR) is 103 cm³/mol. The third-order valence-electron chi connectivity index (χ3n) is 4.23. The van der Waals surface area contributed by atoms with Crippen LogP contribution >= 0.6 is 0 Å². The molecule has 0 unspecified atom stereocenters. The lowest BCUT2D eigenvalue weighted by Gasteiger charge is -2.22. The zero-order valence-corrected chi connectivity index (χ0v) is 16.5. The fourth-order valence-electron chi connectivity index (χ4n) is 2.79. The van der Waals surface area contributed by atoms with Gasteiger partial charge >= 0.3 is 12.1 Å². The van der Waals surface area contributed by atoms with E-state index in [-0.39, 0.29) is 18.6 Å². The van der Waals surface area contributed by atoms with Crippen molar-refractivity contribution in [2.24, 2.45) is 0 Å². The van der Waals surface area contributed by atoms with Crippen molar-refractivity contribution in [1.82, 2.24) is 4.90 Å². The Bertz CT molecular complexity index is 723. The Balaban J connectivity index is 2.05. The number of carbonyl (C=O) groups excluding carboxylic acids is 2. The van der Waals surface area contributed by atoms with Crippen LogP contribution < -0.4 is 4.74 Å². The number of benzene rings is 1. The minimum atomic E-state index is -0.771. The lowest BCUT2D eigenvalue weighted by molar-refractivity contribution is -0.135. The number of hydrogen-bond acceptors (Lipinski definition) is 6. The fraction of sp³-hybridized carbons (Fsp3) is 0.429. The van der Waals surface area contributed by atoms with Crippen LogP contribution in [0.2, 0.25) is 0 Å². The number of hydrogen-bond donors (Lipinski definition) is 0. The quantitative estimate of drug-likeness (QED) is 0.546. The van der Waals surface area contributed by atoms with Crippen molar-refractivity contribution in [3.63, 3.8) is 0 Å². The SMILES string of the molecule is COC(=O)C1=CN(COC(=O)Oc2c(C(C)C)cccc2C(C)C)CC=C1. The van der Waals surface area contributed by atoms with E-state index < -0.39 is 12.1 Å². The van der Waals surface area contributed by atoms with E-state index in [0.717, 1.165) is 11.1 Å². The lowest BCUT2D eigenvalue weighted by Crippen LogP contribution is -2.27. The van der Waals surface area contributed by atoms with Crippen LogP contribution in [0.4, 0.5) is 4.79 Å². The molecular weight excluding hydrogens is 346 g/mol. The molecule has 2 rings (SSSR count). The first-order valence-electron chi connectivity index (χ1n) is 9.01. The Labute approximate surface area is 160 Å². The zero-order chi connectivity index (χ0) is 20.0. The van der Waals surface area contributed by atoms with Crippen molar-refractivity contribution in [1.29, 1.82) is 0 Å². The molecule has 1 aromatic carbocycles. The molecule has 0 saturated heterocycles. The molecule has 0 N–H and O–H groups in total. The van der Waals surface area contributed by atoms with E-state index in [9.17, 15) is 9.59 Å². The number of carbonyl (C=O) groups is 2. The van der Waals surface area contributed by atoms with Crippen molar-refractivity contribution in [2.45, 2.75) is 39.5 Å². The van der Waals surface area contributed by atoms with E-state index in [2.05, 4.69) is 27.7 Å². The summed E-state index contributed by atoms with van der Waals surface area (Å²) in [5.74, 6) is 0.552. The molecule has 0 spiro atoms. The summed E-state index contributed by atoms with van der Waals surface area (Å²) in [5, 5.41) is 0. The van der Waals surface area contributed by atoms with Crippen LogP contribution in [0.3, 0.4) is 0 Å². The maximum Gasteiger partial charge on any atom is 0.515 e.